The molecule has 1 N–H and O–H groups in total. The number of rotatable bonds is 4. The van der Waals surface area contributed by atoms with E-state index in [9.17, 15) is 9.90 Å². The van der Waals surface area contributed by atoms with Crippen LogP contribution in [0.15, 0.2) is 24.3 Å². The summed E-state index contributed by atoms with van der Waals surface area (Å²) >= 11 is 5.81. The Labute approximate surface area is 119 Å². The molecule has 3 nitrogen and oxygen atoms in total. The molecular formula is C15H21ClO3. The van der Waals surface area contributed by atoms with E-state index in [4.69, 9.17) is 16.3 Å². The average Bonchev–Trinajstić information content (AvgIpc) is 2.28. The summed E-state index contributed by atoms with van der Waals surface area (Å²) in [6.07, 6.45) is -0.365. The van der Waals surface area contributed by atoms with Gasteiger partial charge >= 0.3 is 5.97 Å². The maximum absolute atomic E-state index is 12.1. The predicted octanol–water partition coefficient (Wildman–Crippen LogP) is 3.74. The van der Waals surface area contributed by atoms with Crippen LogP contribution >= 0.6 is 11.6 Å². The normalized spacial score (nSPS) is 14.8. The van der Waals surface area contributed by atoms with E-state index < -0.39 is 17.6 Å². The van der Waals surface area contributed by atoms with E-state index in [0.717, 1.165) is 0 Å². The zero-order valence-corrected chi connectivity index (χ0v) is 12.6. The van der Waals surface area contributed by atoms with Gasteiger partial charge in [0.25, 0.3) is 0 Å². The smallest absolute Gasteiger partial charge is 0.312 e. The Morgan fingerprint density at radius 1 is 1.32 bits per heavy atom. The van der Waals surface area contributed by atoms with Crippen molar-refractivity contribution in [2.75, 3.05) is 0 Å². The fourth-order valence-corrected chi connectivity index (χ4v) is 1.91. The van der Waals surface area contributed by atoms with Gasteiger partial charge in [0.05, 0.1) is 12.0 Å². The second kappa shape index (κ2) is 6.40. The summed E-state index contributed by atoms with van der Waals surface area (Å²) in [4.78, 5) is 12.1. The molecule has 1 aromatic rings. The number of halogens is 1. The third kappa shape index (κ3) is 4.84. The number of hydrogen-bond acceptors (Lipinski definition) is 3. The molecule has 1 rings (SSSR count). The Morgan fingerprint density at radius 3 is 2.26 bits per heavy atom. The molecule has 0 aliphatic carbocycles. The van der Waals surface area contributed by atoms with Crippen LogP contribution in [0.1, 0.15) is 45.8 Å². The van der Waals surface area contributed by atoms with Crippen LogP contribution in [0.2, 0.25) is 5.02 Å². The van der Waals surface area contributed by atoms with Gasteiger partial charge in [0, 0.05) is 5.02 Å². The third-order valence-electron chi connectivity index (χ3n) is 2.74. The van der Waals surface area contributed by atoms with Gasteiger partial charge < -0.3 is 9.84 Å². The first-order valence-corrected chi connectivity index (χ1v) is 6.78. The van der Waals surface area contributed by atoms with Gasteiger partial charge in [-0.05, 0) is 44.9 Å². The van der Waals surface area contributed by atoms with Gasteiger partial charge in [-0.3, -0.25) is 4.79 Å². The van der Waals surface area contributed by atoms with Crippen LogP contribution in [0, 0.1) is 5.92 Å². The molecule has 0 amide bonds. The first kappa shape index (κ1) is 16.0. The highest BCUT2D eigenvalue weighted by Gasteiger charge is 2.30. The summed E-state index contributed by atoms with van der Waals surface area (Å²) in [5, 5.41) is 10.9. The molecule has 0 saturated carbocycles. The Bertz CT molecular complexity index is 420. The second-order valence-corrected chi connectivity index (χ2v) is 5.98. The van der Waals surface area contributed by atoms with Gasteiger partial charge in [-0.15, -0.1) is 0 Å². The minimum atomic E-state index is -0.878. The summed E-state index contributed by atoms with van der Waals surface area (Å²) in [5.74, 6) is -0.946. The highest BCUT2D eigenvalue weighted by atomic mass is 35.5. The minimum absolute atomic E-state index is 0.377. The summed E-state index contributed by atoms with van der Waals surface area (Å²) in [5.41, 5.74) is 0.117. The van der Waals surface area contributed by atoms with E-state index in [1.807, 2.05) is 27.7 Å². The van der Waals surface area contributed by atoms with Gasteiger partial charge in [-0.1, -0.05) is 30.7 Å². The van der Waals surface area contributed by atoms with Crippen molar-refractivity contribution >= 4 is 17.6 Å². The van der Waals surface area contributed by atoms with Gasteiger partial charge in [0.1, 0.15) is 5.60 Å². The van der Waals surface area contributed by atoms with Crippen molar-refractivity contribution < 1.29 is 14.6 Å². The van der Waals surface area contributed by atoms with Crippen molar-refractivity contribution in [1.82, 2.24) is 0 Å². The second-order valence-electron chi connectivity index (χ2n) is 5.54. The Hall–Kier alpha value is -1.06. The molecule has 2 atom stereocenters. The lowest BCUT2D eigenvalue weighted by atomic mass is 9.93. The van der Waals surface area contributed by atoms with E-state index in [2.05, 4.69) is 0 Å². The first-order valence-electron chi connectivity index (χ1n) is 6.41. The lowest BCUT2D eigenvalue weighted by molar-refractivity contribution is -0.164. The number of hydrogen-bond donors (Lipinski definition) is 1. The molecule has 0 bridgehead atoms. The number of ether oxygens (including phenoxy) is 1. The summed E-state index contributed by atoms with van der Waals surface area (Å²) < 4.78 is 5.33. The number of aliphatic hydroxyl groups is 1. The fraction of sp³-hybridized carbons (Fsp3) is 0.533. The summed E-state index contributed by atoms with van der Waals surface area (Å²) in [7, 11) is 0. The van der Waals surface area contributed by atoms with Crippen LogP contribution in [-0.4, -0.2) is 16.7 Å². The Balaban J connectivity index is 2.84. The molecule has 0 aromatic heterocycles. The molecule has 19 heavy (non-hydrogen) atoms. The highest BCUT2D eigenvalue weighted by molar-refractivity contribution is 6.30. The van der Waals surface area contributed by atoms with Crippen molar-refractivity contribution in [1.29, 1.82) is 0 Å². The number of carbonyl (C=O) groups is 1. The zero-order chi connectivity index (χ0) is 14.6. The molecule has 106 valence electrons. The van der Waals surface area contributed by atoms with Gasteiger partial charge in [-0.25, -0.2) is 0 Å². The van der Waals surface area contributed by atoms with Crippen molar-refractivity contribution in [3.63, 3.8) is 0 Å². The summed E-state index contributed by atoms with van der Waals surface area (Å²) in [6.45, 7) is 7.29. The topological polar surface area (TPSA) is 46.5 Å². The molecule has 0 spiro atoms. The molecule has 0 radical (unpaired) electrons. The monoisotopic (exact) mass is 284 g/mol. The van der Waals surface area contributed by atoms with Crippen LogP contribution < -0.4 is 0 Å². The van der Waals surface area contributed by atoms with Crippen molar-refractivity contribution in [3.8, 4) is 0 Å². The number of esters is 1. The molecule has 0 unspecified atom stereocenters. The number of carbonyl (C=O) groups excluding carboxylic acids is 1. The Morgan fingerprint density at radius 2 is 1.84 bits per heavy atom. The maximum atomic E-state index is 12.1. The van der Waals surface area contributed by atoms with Gasteiger partial charge in [0.2, 0.25) is 0 Å². The van der Waals surface area contributed by atoms with Crippen LogP contribution in [0.4, 0.5) is 0 Å². The van der Waals surface area contributed by atoms with Crippen LogP contribution in [0.5, 0.6) is 0 Å². The van der Waals surface area contributed by atoms with Crippen molar-refractivity contribution in [3.05, 3.63) is 34.9 Å². The molecule has 0 saturated heterocycles. The molecule has 0 aliphatic rings. The van der Waals surface area contributed by atoms with E-state index in [1.165, 1.54) is 0 Å². The zero-order valence-electron chi connectivity index (χ0n) is 11.8. The standard InChI is InChI=1S/C15H21ClO3/c1-5-12(14(18)19-15(2,3)4)13(17)10-6-8-11(16)9-7-10/h6-9,12-13,17H,5H2,1-4H3/t12-,13-/m0/s1. The van der Waals surface area contributed by atoms with Crippen LogP contribution in [0.3, 0.4) is 0 Å². The fourth-order valence-electron chi connectivity index (χ4n) is 1.79. The molecular weight excluding hydrogens is 264 g/mol. The third-order valence-corrected chi connectivity index (χ3v) is 2.99. The molecule has 1 aromatic carbocycles. The van der Waals surface area contributed by atoms with Crippen molar-refractivity contribution in [2.24, 2.45) is 5.92 Å². The van der Waals surface area contributed by atoms with E-state index in [-0.39, 0.29) is 5.97 Å². The Kier molecular flexibility index (Phi) is 5.39. The van der Waals surface area contributed by atoms with Crippen molar-refractivity contribution in [2.45, 2.75) is 45.8 Å². The molecule has 0 fully saturated rings. The lowest BCUT2D eigenvalue weighted by Crippen LogP contribution is -2.31. The van der Waals surface area contributed by atoms with Crippen LogP contribution in [0.25, 0.3) is 0 Å². The largest absolute Gasteiger partial charge is 0.460 e. The number of benzene rings is 1. The minimum Gasteiger partial charge on any atom is -0.460 e. The SMILES string of the molecule is CC[C@H](C(=O)OC(C)(C)C)[C@@H](O)c1ccc(Cl)cc1. The molecule has 0 aliphatic heterocycles. The lowest BCUT2D eigenvalue weighted by Gasteiger charge is -2.26. The molecule has 4 heteroatoms. The van der Waals surface area contributed by atoms with Gasteiger partial charge in [-0.2, -0.15) is 0 Å². The summed E-state index contributed by atoms with van der Waals surface area (Å²) in [6, 6.07) is 6.84. The predicted molar refractivity (Wildman–Crippen MR) is 76.0 cm³/mol. The van der Waals surface area contributed by atoms with E-state index >= 15 is 0 Å². The van der Waals surface area contributed by atoms with E-state index in [1.54, 1.807) is 24.3 Å². The average molecular weight is 285 g/mol. The van der Waals surface area contributed by atoms with Crippen LogP contribution in [-0.2, 0) is 9.53 Å². The molecule has 0 heterocycles. The first-order chi connectivity index (χ1) is 8.74. The van der Waals surface area contributed by atoms with Gasteiger partial charge in [0.15, 0.2) is 0 Å². The van der Waals surface area contributed by atoms with E-state index in [0.29, 0.717) is 17.0 Å². The quantitative estimate of drug-likeness (QED) is 0.857. The number of aliphatic hydroxyl groups excluding tert-OH is 1. The highest BCUT2D eigenvalue weighted by Crippen LogP contribution is 2.28. The maximum Gasteiger partial charge on any atom is 0.312 e.